The number of hydrogen-bond donors (Lipinski definition) is 1. The van der Waals surface area contributed by atoms with Gasteiger partial charge < -0.3 is 9.84 Å². The summed E-state index contributed by atoms with van der Waals surface area (Å²) in [7, 11) is 0. The van der Waals surface area contributed by atoms with Crippen LogP contribution in [0.15, 0.2) is 24.3 Å². The minimum Gasteiger partial charge on any atom is -0.465 e. The van der Waals surface area contributed by atoms with Crippen LogP contribution in [-0.4, -0.2) is 17.7 Å². The summed E-state index contributed by atoms with van der Waals surface area (Å²) in [5, 5.41) is 10.4. The summed E-state index contributed by atoms with van der Waals surface area (Å²) >= 11 is 0. The zero-order chi connectivity index (χ0) is 15.3. The van der Waals surface area contributed by atoms with E-state index in [-0.39, 0.29) is 5.97 Å². The fraction of sp³-hybridized carbons (Fsp3) is 0.588. The average molecular weight is 278 g/mol. The SMILES string of the molecule is CCOC(=O)C(C)(C)C(O)c1ccc(CC(C)C)cc1. The summed E-state index contributed by atoms with van der Waals surface area (Å²) in [5.41, 5.74) is 1.04. The summed E-state index contributed by atoms with van der Waals surface area (Å²) in [6, 6.07) is 7.81. The maximum atomic E-state index is 11.9. The van der Waals surface area contributed by atoms with Crippen LogP contribution >= 0.6 is 0 Å². The van der Waals surface area contributed by atoms with E-state index in [1.54, 1.807) is 20.8 Å². The van der Waals surface area contributed by atoms with Crippen LogP contribution < -0.4 is 0 Å². The first-order chi connectivity index (χ1) is 9.28. The van der Waals surface area contributed by atoms with Gasteiger partial charge in [0.05, 0.1) is 18.1 Å². The Morgan fingerprint density at radius 2 is 1.80 bits per heavy atom. The minimum absolute atomic E-state index is 0.322. The van der Waals surface area contributed by atoms with Gasteiger partial charge in [0.1, 0.15) is 0 Å². The van der Waals surface area contributed by atoms with Gasteiger partial charge >= 0.3 is 5.97 Å². The normalized spacial score (nSPS) is 13.3. The molecule has 1 unspecified atom stereocenters. The highest BCUT2D eigenvalue weighted by Gasteiger charge is 2.38. The molecule has 20 heavy (non-hydrogen) atoms. The Kier molecular flexibility index (Phi) is 5.75. The van der Waals surface area contributed by atoms with Crippen LogP contribution in [0.25, 0.3) is 0 Å². The molecular formula is C17H26O3. The first-order valence-electron chi connectivity index (χ1n) is 7.23. The first-order valence-corrected chi connectivity index (χ1v) is 7.23. The summed E-state index contributed by atoms with van der Waals surface area (Å²) < 4.78 is 5.03. The second kappa shape index (κ2) is 6.89. The Bertz CT molecular complexity index is 432. The summed E-state index contributed by atoms with van der Waals surface area (Å²) in [4.78, 5) is 11.9. The van der Waals surface area contributed by atoms with E-state index in [2.05, 4.69) is 13.8 Å². The van der Waals surface area contributed by atoms with Crippen LogP contribution in [0.1, 0.15) is 51.8 Å². The molecule has 0 aromatic heterocycles. The number of carbonyl (C=O) groups excluding carboxylic acids is 1. The highest BCUT2D eigenvalue weighted by Crippen LogP contribution is 2.34. The van der Waals surface area contributed by atoms with Gasteiger partial charge in [-0.2, -0.15) is 0 Å². The summed E-state index contributed by atoms with van der Waals surface area (Å²) in [5.74, 6) is 0.223. The number of benzene rings is 1. The van der Waals surface area contributed by atoms with Crippen LogP contribution in [0.4, 0.5) is 0 Å². The molecule has 0 fully saturated rings. The van der Waals surface area contributed by atoms with Crippen LogP contribution in [0.2, 0.25) is 0 Å². The third-order valence-electron chi connectivity index (χ3n) is 3.42. The molecule has 1 aromatic carbocycles. The number of aliphatic hydroxyl groups is 1. The fourth-order valence-corrected chi connectivity index (χ4v) is 2.15. The van der Waals surface area contributed by atoms with Gasteiger partial charge in [-0.1, -0.05) is 38.1 Å². The average Bonchev–Trinajstić information content (AvgIpc) is 2.38. The molecule has 1 aromatic rings. The Hall–Kier alpha value is -1.35. The molecule has 0 amide bonds. The Morgan fingerprint density at radius 3 is 2.25 bits per heavy atom. The van der Waals surface area contributed by atoms with Crippen molar-refractivity contribution < 1.29 is 14.6 Å². The zero-order valence-electron chi connectivity index (χ0n) is 13.1. The van der Waals surface area contributed by atoms with Crippen molar-refractivity contribution >= 4 is 5.97 Å². The van der Waals surface area contributed by atoms with E-state index in [4.69, 9.17) is 4.74 Å². The minimum atomic E-state index is -0.949. The molecule has 112 valence electrons. The van der Waals surface area contributed by atoms with Crippen LogP contribution in [0.5, 0.6) is 0 Å². The molecule has 3 heteroatoms. The van der Waals surface area contributed by atoms with E-state index in [0.717, 1.165) is 12.0 Å². The third kappa shape index (κ3) is 4.07. The monoisotopic (exact) mass is 278 g/mol. The molecule has 0 saturated heterocycles. The van der Waals surface area contributed by atoms with E-state index >= 15 is 0 Å². The van der Waals surface area contributed by atoms with E-state index in [0.29, 0.717) is 12.5 Å². The highest BCUT2D eigenvalue weighted by molar-refractivity contribution is 5.77. The van der Waals surface area contributed by atoms with Crippen molar-refractivity contribution in [2.75, 3.05) is 6.61 Å². The summed E-state index contributed by atoms with van der Waals surface area (Å²) in [6.45, 7) is 9.85. The van der Waals surface area contributed by atoms with Gasteiger partial charge in [-0.15, -0.1) is 0 Å². The second-order valence-electron chi connectivity index (χ2n) is 6.18. The first kappa shape index (κ1) is 16.7. The number of ether oxygens (including phenoxy) is 1. The molecule has 3 nitrogen and oxygen atoms in total. The quantitative estimate of drug-likeness (QED) is 0.810. The second-order valence-corrected chi connectivity index (χ2v) is 6.18. The molecule has 0 heterocycles. The van der Waals surface area contributed by atoms with Crippen molar-refractivity contribution in [1.29, 1.82) is 0 Å². The molecule has 1 N–H and O–H groups in total. The lowest BCUT2D eigenvalue weighted by Crippen LogP contribution is -2.33. The molecule has 0 saturated carbocycles. The van der Waals surface area contributed by atoms with Crippen molar-refractivity contribution in [3.63, 3.8) is 0 Å². The van der Waals surface area contributed by atoms with Crippen molar-refractivity contribution in [1.82, 2.24) is 0 Å². The highest BCUT2D eigenvalue weighted by atomic mass is 16.5. The molecule has 1 rings (SSSR count). The molecule has 0 aliphatic rings. The van der Waals surface area contributed by atoms with Crippen LogP contribution in [0, 0.1) is 11.3 Å². The molecule has 0 bridgehead atoms. The smallest absolute Gasteiger partial charge is 0.314 e. The summed E-state index contributed by atoms with van der Waals surface area (Å²) in [6.07, 6.45) is 0.145. The molecule has 1 atom stereocenters. The van der Waals surface area contributed by atoms with Crippen LogP contribution in [0.3, 0.4) is 0 Å². The Morgan fingerprint density at radius 1 is 1.25 bits per heavy atom. The third-order valence-corrected chi connectivity index (χ3v) is 3.42. The number of hydrogen-bond acceptors (Lipinski definition) is 3. The lowest BCUT2D eigenvalue weighted by atomic mass is 9.82. The molecule has 0 aliphatic carbocycles. The van der Waals surface area contributed by atoms with Gasteiger partial charge in [0.2, 0.25) is 0 Å². The van der Waals surface area contributed by atoms with Crippen molar-refractivity contribution in [3.05, 3.63) is 35.4 Å². The lowest BCUT2D eigenvalue weighted by molar-refractivity contribution is -0.160. The number of carbonyl (C=O) groups is 1. The fourth-order valence-electron chi connectivity index (χ4n) is 2.15. The zero-order valence-corrected chi connectivity index (χ0v) is 13.1. The van der Waals surface area contributed by atoms with E-state index in [9.17, 15) is 9.90 Å². The maximum absolute atomic E-state index is 11.9. The molecule has 0 aliphatic heterocycles. The Balaban J connectivity index is 2.86. The van der Waals surface area contributed by atoms with Gasteiger partial charge in [-0.3, -0.25) is 4.79 Å². The van der Waals surface area contributed by atoms with Gasteiger partial charge in [-0.25, -0.2) is 0 Å². The maximum Gasteiger partial charge on any atom is 0.314 e. The topological polar surface area (TPSA) is 46.5 Å². The predicted octanol–water partition coefficient (Wildman–Crippen LogP) is 3.51. The van der Waals surface area contributed by atoms with Crippen molar-refractivity contribution in [3.8, 4) is 0 Å². The van der Waals surface area contributed by atoms with E-state index < -0.39 is 11.5 Å². The van der Waals surface area contributed by atoms with Crippen LogP contribution in [-0.2, 0) is 16.0 Å². The van der Waals surface area contributed by atoms with Crippen molar-refractivity contribution in [2.24, 2.45) is 11.3 Å². The van der Waals surface area contributed by atoms with Gasteiger partial charge in [0, 0.05) is 0 Å². The Labute approximate surface area is 122 Å². The number of aliphatic hydroxyl groups excluding tert-OH is 1. The largest absolute Gasteiger partial charge is 0.465 e. The van der Waals surface area contributed by atoms with E-state index in [1.807, 2.05) is 24.3 Å². The number of rotatable bonds is 6. The van der Waals surface area contributed by atoms with Crippen molar-refractivity contribution in [2.45, 2.75) is 47.1 Å². The van der Waals surface area contributed by atoms with Gasteiger partial charge in [0.25, 0.3) is 0 Å². The standard InChI is InChI=1S/C17H26O3/c1-6-20-16(19)17(4,5)15(18)14-9-7-13(8-10-14)11-12(2)3/h7-10,12,15,18H,6,11H2,1-5H3. The van der Waals surface area contributed by atoms with Gasteiger partial charge in [-0.05, 0) is 44.2 Å². The van der Waals surface area contributed by atoms with E-state index in [1.165, 1.54) is 5.56 Å². The molecule has 0 spiro atoms. The lowest BCUT2D eigenvalue weighted by Gasteiger charge is -2.28. The molecular weight excluding hydrogens is 252 g/mol. The van der Waals surface area contributed by atoms with Gasteiger partial charge in [0.15, 0.2) is 0 Å². The predicted molar refractivity (Wildman–Crippen MR) is 80.4 cm³/mol. The number of esters is 1. The molecule has 0 radical (unpaired) electrons.